The van der Waals surface area contributed by atoms with E-state index in [0.717, 1.165) is 0 Å². The molecule has 66 valence electrons. The normalized spacial score (nSPS) is 10.6. The third kappa shape index (κ3) is 1.36. The molecule has 0 fully saturated rings. The molecule has 0 spiro atoms. The van der Waals surface area contributed by atoms with Gasteiger partial charge in [-0.3, -0.25) is 9.89 Å². The molecular formula is C8H4BrClN2O. The van der Waals surface area contributed by atoms with Crippen LogP contribution in [0.1, 0.15) is 0 Å². The van der Waals surface area contributed by atoms with Crippen molar-refractivity contribution in [2.24, 2.45) is 0 Å². The second-order valence-corrected chi connectivity index (χ2v) is 3.66. The van der Waals surface area contributed by atoms with Crippen LogP contribution in [0.5, 0.6) is 0 Å². The van der Waals surface area contributed by atoms with Gasteiger partial charge in [-0.1, -0.05) is 17.7 Å². The molecule has 1 heterocycles. The van der Waals surface area contributed by atoms with Gasteiger partial charge in [0.1, 0.15) is 0 Å². The second kappa shape index (κ2) is 3.12. The van der Waals surface area contributed by atoms with Crippen LogP contribution in [-0.2, 0) is 0 Å². The van der Waals surface area contributed by atoms with Crippen molar-refractivity contribution in [3.05, 3.63) is 38.0 Å². The number of nitrogens with zero attached hydrogens (tertiary/aromatic N) is 1. The number of benzene rings is 1. The third-order valence-corrected chi connectivity index (χ3v) is 2.56. The maximum atomic E-state index is 11.5. The molecule has 0 aliphatic carbocycles. The molecule has 2 aromatic rings. The Morgan fingerprint density at radius 1 is 1.46 bits per heavy atom. The first-order valence-corrected chi connectivity index (χ1v) is 4.69. The van der Waals surface area contributed by atoms with Crippen molar-refractivity contribution in [1.29, 1.82) is 0 Å². The summed E-state index contributed by atoms with van der Waals surface area (Å²) in [5.41, 5.74) is 0.411. The van der Waals surface area contributed by atoms with E-state index in [1.165, 1.54) is 0 Å². The summed E-state index contributed by atoms with van der Waals surface area (Å²) < 4.78 is 0.266. The molecule has 5 heteroatoms. The Bertz CT molecular complexity index is 523. The van der Waals surface area contributed by atoms with Gasteiger partial charge in [0.05, 0.1) is 15.9 Å². The molecule has 0 bridgehead atoms. The van der Waals surface area contributed by atoms with Crippen LogP contribution in [0.15, 0.2) is 27.6 Å². The van der Waals surface area contributed by atoms with Crippen LogP contribution >= 0.6 is 27.5 Å². The topological polar surface area (TPSA) is 45.8 Å². The molecule has 2 rings (SSSR count). The van der Waals surface area contributed by atoms with Gasteiger partial charge in [0.25, 0.3) is 0 Å². The van der Waals surface area contributed by atoms with Gasteiger partial charge in [0, 0.05) is 0 Å². The summed E-state index contributed by atoms with van der Waals surface area (Å²) in [7, 11) is 0. The second-order valence-electron chi connectivity index (χ2n) is 2.51. The standard InChI is InChI=1S/C8H4BrClN2O/c9-8-7(13)4-2-1-3-5(10)6(4)11-12-8/h1-3H,(H,11,13). The molecule has 13 heavy (non-hydrogen) atoms. The van der Waals surface area contributed by atoms with E-state index in [9.17, 15) is 4.79 Å². The lowest BCUT2D eigenvalue weighted by Gasteiger charge is -1.98. The number of para-hydroxylation sites is 1. The van der Waals surface area contributed by atoms with E-state index < -0.39 is 0 Å². The SMILES string of the molecule is O=c1c(Br)n[nH]c2c(Cl)cccc12. The van der Waals surface area contributed by atoms with Gasteiger partial charge in [0.15, 0.2) is 4.60 Å². The number of nitrogens with one attached hydrogen (secondary N) is 1. The predicted octanol–water partition coefficient (Wildman–Crippen LogP) is 2.34. The molecule has 0 saturated heterocycles. The summed E-state index contributed by atoms with van der Waals surface area (Å²) in [6.45, 7) is 0. The van der Waals surface area contributed by atoms with Crippen LogP contribution in [0.3, 0.4) is 0 Å². The number of H-pyrrole nitrogens is 1. The van der Waals surface area contributed by atoms with Crippen LogP contribution in [0.2, 0.25) is 5.02 Å². The summed E-state index contributed by atoms with van der Waals surface area (Å²) in [4.78, 5) is 11.5. The average Bonchev–Trinajstić information content (AvgIpc) is 2.12. The Labute approximate surface area is 86.9 Å². The largest absolute Gasteiger partial charge is 0.286 e. The van der Waals surface area contributed by atoms with Gasteiger partial charge in [-0.05, 0) is 28.1 Å². The van der Waals surface area contributed by atoms with Crippen molar-refractivity contribution in [2.45, 2.75) is 0 Å². The Hall–Kier alpha value is -0.870. The van der Waals surface area contributed by atoms with Gasteiger partial charge >= 0.3 is 0 Å². The monoisotopic (exact) mass is 258 g/mol. The number of aromatic nitrogens is 2. The van der Waals surface area contributed by atoms with Crippen molar-refractivity contribution >= 4 is 38.4 Å². The molecule has 1 aromatic carbocycles. The van der Waals surface area contributed by atoms with Gasteiger partial charge in [0.2, 0.25) is 5.43 Å². The number of rotatable bonds is 0. The van der Waals surface area contributed by atoms with Crippen LogP contribution < -0.4 is 5.43 Å². The van der Waals surface area contributed by atoms with Gasteiger partial charge in [-0.25, -0.2) is 0 Å². The first-order valence-electron chi connectivity index (χ1n) is 3.52. The number of hydrogen-bond donors (Lipinski definition) is 1. The van der Waals surface area contributed by atoms with E-state index in [-0.39, 0.29) is 10.0 Å². The lowest BCUT2D eigenvalue weighted by atomic mass is 10.2. The minimum atomic E-state index is -0.156. The summed E-state index contributed by atoms with van der Waals surface area (Å²) in [6.07, 6.45) is 0. The van der Waals surface area contributed by atoms with Crippen molar-refractivity contribution < 1.29 is 0 Å². The first kappa shape index (κ1) is 8.72. The highest BCUT2D eigenvalue weighted by atomic mass is 79.9. The predicted molar refractivity (Wildman–Crippen MR) is 55.1 cm³/mol. The smallest absolute Gasteiger partial charge is 0.222 e. The van der Waals surface area contributed by atoms with Gasteiger partial charge in [-0.15, -0.1) is 0 Å². The molecule has 3 nitrogen and oxygen atoms in total. The maximum absolute atomic E-state index is 11.5. The molecule has 0 amide bonds. The number of hydrogen-bond acceptors (Lipinski definition) is 2. The van der Waals surface area contributed by atoms with E-state index in [1.54, 1.807) is 18.2 Å². The number of fused-ring (bicyclic) bond motifs is 1. The van der Waals surface area contributed by atoms with E-state index >= 15 is 0 Å². The van der Waals surface area contributed by atoms with Crippen molar-refractivity contribution in [2.75, 3.05) is 0 Å². The van der Waals surface area contributed by atoms with Crippen LogP contribution in [0.4, 0.5) is 0 Å². The summed E-state index contributed by atoms with van der Waals surface area (Å²) in [5, 5.41) is 7.49. The molecule has 0 unspecified atom stereocenters. The van der Waals surface area contributed by atoms with Gasteiger partial charge in [-0.2, -0.15) is 5.10 Å². The first-order chi connectivity index (χ1) is 6.20. The highest BCUT2D eigenvalue weighted by molar-refractivity contribution is 9.10. The fourth-order valence-corrected chi connectivity index (χ4v) is 1.61. The zero-order chi connectivity index (χ0) is 9.42. The molecule has 1 aromatic heterocycles. The minimum Gasteiger partial charge on any atom is -0.286 e. The lowest BCUT2D eigenvalue weighted by molar-refractivity contribution is 1.03. The van der Waals surface area contributed by atoms with Crippen molar-refractivity contribution in [1.82, 2.24) is 10.2 Å². The fraction of sp³-hybridized carbons (Fsp3) is 0. The molecule has 1 N–H and O–H groups in total. The molecule has 0 aliphatic heterocycles. The zero-order valence-electron chi connectivity index (χ0n) is 6.34. The molecule has 0 saturated carbocycles. The highest BCUT2D eigenvalue weighted by Gasteiger charge is 2.05. The van der Waals surface area contributed by atoms with Crippen molar-refractivity contribution in [3.63, 3.8) is 0 Å². The minimum absolute atomic E-state index is 0.156. The van der Waals surface area contributed by atoms with Gasteiger partial charge < -0.3 is 0 Å². The summed E-state index contributed by atoms with van der Waals surface area (Å²) >= 11 is 8.90. The Morgan fingerprint density at radius 3 is 3.00 bits per heavy atom. The quantitative estimate of drug-likeness (QED) is 0.789. The zero-order valence-corrected chi connectivity index (χ0v) is 8.69. The van der Waals surface area contributed by atoms with Crippen LogP contribution in [0.25, 0.3) is 10.9 Å². The highest BCUT2D eigenvalue weighted by Crippen LogP contribution is 2.18. The maximum Gasteiger partial charge on any atom is 0.222 e. The molecular weight excluding hydrogens is 255 g/mol. The van der Waals surface area contributed by atoms with Crippen LogP contribution in [0, 0.1) is 0 Å². The number of halogens is 2. The summed E-state index contributed by atoms with van der Waals surface area (Å²) in [6, 6.07) is 5.13. The Balaban J connectivity index is 3.03. The van der Waals surface area contributed by atoms with E-state index in [2.05, 4.69) is 26.1 Å². The van der Waals surface area contributed by atoms with E-state index in [0.29, 0.717) is 15.9 Å². The summed E-state index contributed by atoms with van der Waals surface area (Å²) in [5.74, 6) is 0. The van der Waals surface area contributed by atoms with E-state index in [1.807, 2.05) is 0 Å². The van der Waals surface area contributed by atoms with Crippen molar-refractivity contribution in [3.8, 4) is 0 Å². The molecule has 0 atom stereocenters. The van der Waals surface area contributed by atoms with Crippen LogP contribution in [-0.4, -0.2) is 10.2 Å². The Morgan fingerprint density at radius 2 is 2.23 bits per heavy atom. The molecule has 0 aliphatic rings. The Kier molecular flexibility index (Phi) is 2.09. The van der Waals surface area contributed by atoms with E-state index in [4.69, 9.17) is 11.6 Å². The number of aromatic amines is 1. The third-order valence-electron chi connectivity index (χ3n) is 1.71. The molecule has 0 radical (unpaired) electrons. The fourth-order valence-electron chi connectivity index (χ4n) is 1.09. The lowest BCUT2D eigenvalue weighted by Crippen LogP contribution is -2.06. The average molecular weight is 259 g/mol.